The molecule has 0 saturated carbocycles. The Balaban J connectivity index is 1.18. The zero-order valence-corrected chi connectivity index (χ0v) is 25.4. The number of halogens is 8. The minimum Gasteiger partial charge on any atom is -0.332 e. The lowest BCUT2D eigenvalue weighted by molar-refractivity contribution is -0.138. The summed E-state index contributed by atoms with van der Waals surface area (Å²) in [4.78, 5) is 12.2. The van der Waals surface area contributed by atoms with Crippen LogP contribution in [0.15, 0.2) is 100.0 Å². The van der Waals surface area contributed by atoms with Gasteiger partial charge in [0.15, 0.2) is 10.3 Å². The highest BCUT2D eigenvalue weighted by atomic mass is 32.1. The number of azo groups is 1. The zero-order chi connectivity index (χ0) is 34.1. The lowest BCUT2D eigenvalue weighted by atomic mass is 10.1. The molecule has 0 bridgehead atoms. The van der Waals surface area contributed by atoms with Crippen LogP contribution in [0.4, 0.5) is 68.1 Å². The Bertz CT molecular complexity index is 1970. The highest BCUT2D eigenvalue weighted by Crippen LogP contribution is 2.36. The molecule has 0 unspecified atom stereocenters. The first kappa shape index (κ1) is 32.6. The molecule has 3 aromatic carbocycles. The van der Waals surface area contributed by atoms with E-state index in [0.29, 0.717) is 0 Å². The number of hydrogen-bond acceptors (Lipinski definition) is 9. The van der Waals surface area contributed by atoms with E-state index in [9.17, 15) is 35.1 Å². The van der Waals surface area contributed by atoms with E-state index in [4.69, 9.17) is 0 Å². The summed E-state index contributed by atoms with van der Waals surface area (Å²) in [6.07, 6.45) is -7.92. The SMILES string of the molecule is Fc1ccc(/N=N\c2cnc(F)c(-c3csc(Nc4cccc(C(F)(F)F)c4)n3)c2)cc1-c1csc(Nc2cccc(C(F)(F)F)c2)n1. The molecule has 0 aliphatic heterocycles. The number of rotatable bonds is 8. The van der Waals surface area contributed by atoms with Crippen LogP contribution in [0.1, 0.15) is 11.1 Å². The standard InChI is InChI=1S/C31H17F8N7S2/c32-24-8-7-20(11-22(24)25-14-47-28(43-25)41-18-5-1-3-16(9-18)30(34,35)36)45-46-21-12-23(27(33)40-13-21)26-15-48-29(44-26)42-19-6-2-4-17(10-19)31(37,38)39/h1-15H,(H,41,43)(H,42,44)/b46-45-. The summed E-state index contributed by atoms with van der Waals surface area (Å²) in [5, 5.41) is 17.2. The molecule has 0 atom stereocenters. The summed E-state index contributed by atoms with van der Waals surface area (Å²) < 4.78 is 108. The topological polar surface area (TPSA) is 87.5 Å². The summed E-state index contributed by atoms with van der Waals surface area (Å²) in [6, 6.07) is 14.3. The van der Waals surface area contributed by atoms with E-state index in [-0.39, 0.29) is 55.5 Å². The van der Waals surface area contributed by atoms with Gasteiger partial charge in [-0.25, -0.2) is 19.3 Å². The molecule has 0 amide bonds. The van der Waals surface area contributed by atoms with Gasteiger partial charge in [0.05, 0.1) is 40.0 Å². The third-order valence-electron chi connectivity index (χ3n) is 6.50. The van der Waals surface area contributed by atoms with Gasteiger partial charge in [0.25, 0.3) is 0 Å². The van der Waals surface area contributed by atoms with E-state index in [2.05, 4.69) is 35.8 Å². The Hall–Kier alpha value is -5.29. The third-order valence-corrected chi connectivity index (χ3v) is 8.01. The number of thiazole rings is 2. The molecule has 2 N–H and O–H groups in total. The molecular formula is C31H17F8N7S2. The van der Waals surface area contributed by atoms with Crippen LogP contribution >= 0.6 is 22.7 Å². The normalized spacial score (nSPS) is 12.1. The van der Waals surface area contributed by atoms with E-state index in [0.717, 1.165) is 59.2 Å². The number of benzene rings is 3. The highest BCUT2D eigenvalue weighted by Gasteiger charge is 2.31. The van der Waals surface area contributed by atoms with Crippen molar-refractivity contribution in [3.05, 3.63) is 113 Å². The molecule has 17 heteroatoms. The molecular weight excluding hydrogens is 687 g/mol. The fourth-order valence-electron chi connectivity index (χ4n) is 4.26. The number of nitrogens with zero attached hydrogens (tertiary/aromatic N) is 5. The van der Waals surface area contributed by atoms with Crippen molar-refractivity contribution in [3.63, 3.8) is 0 Å². The quantitative estimate of drug-likeness (QED) is 0.0936. The smallest absolute Gasteiger partial charge is 0.332 e. The Morgan fingerprint density at radius 2 is 1.12 bits per heavy atom. The number of aromatic nitrogens is 3. The number of anilines is 4. The van der Waals surface area contributed by atoms with Gasteiger partial charge in [0, 0.05) is 27.7 Å². The molecule has 3 aromatic heterocycles. The molecule has 6 rings (SSSR count). The maximum Gasteiger partial charge on any atom is 0.416 e. The molecule has 0 aliphatic carbocycles. The van der Waals surface area contributed by atoms with Crippen molar-refractivity contribution in [2.75, 3.05) is 10.6 Å². The van der Waals surface area contributed by atoms with Crippen LogP contribution in [-0.4, -0.2) is 15.0 Å². The first-order valence-corrected chi connectivity index (χ1v) is 15.2. The molecule has 244 valence electrons. The lowest BCUT2D eigenvalue weighted by Gasteiger charge is -2.09. The first-order valence-electron chi connectivity index (χ1n) is 13.5. The number of pyridine rings is 1. The van der Waals surface area contributed by atoms with Crippen molar-refractivity contribution >= 4 is 55.7 Å². The Morgan fingerprint density at radius 1 is 0.604 bits per heavy atom. The minimum absolute atomic E-state index is 0.0390. The lowest BCUT2D eigenvalue weighted by Crippen LogP contribution is -2.05. The predicted octanol–water partition coefficient (Wildman–Crippen LogP) is 11.5. The molecule has 0 saturated heterocycles. The van der Waals surface area contributed by atoms with Crippen molar-refractivity contribution in [1.29, 1.82) is 0 Å². The molecule has 6 aromatic rings. The van der Waals surface area contributed by atoms with Crippen molar-refractivity contribution in [2.24, 2.45) is 10.2 Å². The largest absolute Gasteiger partial charge is 0.416 e. The van der Waals surface area contributed by atoms with Gasteiger partial charge in [-0.05, 0) is 60.7 Å². The van der Waals surface area contributed by atoms with Gasteiger partial charge >= 0.3 is 12.4 Å². The number of hydrogen-bond donors (Lipinski definition) is 2. The summed E-state index contributed by atoms with van der Waals surface area (Å²) in [5.41, 5.74) is -0.672. The molecule has 0 aliphatic rings. The zero-order valence-electron chi connectivity index (χ0n) is 23.7. The Labute approximate surface area is 273 Å². The van der Waals surface area contributed by atoms with Gasteiger partial charge in [-0.2, -0.15) is 35.8 Å². The van der Waals surface area contributed by atoms with Gasteiger partial charge in [0.2, 0.25) is 5.95 Å². The Morgan fingerprint density at radius 3 is 1.69 bits per heavy atom. The molecule has 0 radical (unpaired) electrons. The maximum absolute atomic E-state index is 14.8. The Kier molecular flexibility index (Phi) is 8.89. The summed E-state index contributed by atoms with van der Waals surface area (Å²) >= 11 is 2.10. The van der Waals surface area contributed by atoms with Gasteiger partial charge < -0.3 is 10.6 Å². The van der Waals surface area contributed by atoms with Crippen molar-refractivity contribution in [3.8, 4) is 22.5 Å². The predicted molar refractivity (Wildman–Crippen MR) is 166 cm³/mol. The van der Waals surface area contributed by atoms with Crippen LogP contribution in [0.5, 0.6) is 0 Å². The minimum atomic E-state index is -4.52. The van der Waals surface area contributed by atoms with Gasteiger partial charge in [-0.3, -0.25) is 0 Å². The van der Waals surface area contributed by atoms with E-state index >= 15 is 0 Å². The van der Waals surface area contributed by atoms with E-state index in [1.807, 2.05) is 0 Å². The van der Waals surface area contributed by atoms with Crippen LogP contribution in [0, 0.1) is 11.8 Å². The number of alkyl halides is 6. The summed E-state index contributed by atoms with van der Waals surface area (Å²) in [7, 11) is 0. The summed E-state index contributed by atoms with van der Waals surface area (Å²) in [5.74, 6) is -1.50. The van der Waals surface area contributed by atoms with Crippen molar-refractivity contribution < 1.29 is 35.1 Å². The monoisotopic (exact) mass is 703 g/mol. The van der Waals surface area contributed by atoms with Gasteiger partial charge in [0.1, 0.15) is 11.5 Å². The fourth-order valence-corrected chi connectivity index (χ4v) is 5.72. The fraction of sp³-hybridized carbons (Fsp3) is 0.0645. The molecule has 7 nitrogen and oxygen atoms in total. The molecule has 0 spiro atoms. The third kappa shape index (κ3) is 7.63. The van der Waals surface area contributed by atoms with Crippen molar-refractivity contribution in [1.82, 2.24) is 15.0 Å². The van der Waals surface area contributed by atoms with E-state index in [1.165, 1.54) is 53.2 Å². The van der Waals surface area contributed by atoms with E-state index < -0.39 is 35.2 Å². The second-order valence-electron chi connectivity index (χ2n) is 9.88. The van der Waals surface area contributed by atoms with Crippen LogP contribution in [0.2, 0.25) is 0 Å². The van der Waals surface area contributed by atoms with Crippen molar-refractivity contribution in [2.45, 2.75) is 12.4 Å². The van der Waals surface area contributed by atoms with Gasteiger partial charge in [-0.1, -0.05) is 12.1 Å². The van der Waals surface area contributed by atoms with E-state index in [1.54, 1.807) is 0 Å². The molecule has 3 heterocycles. The second-order valence-corrected chi connectivity index (χ2v) is 11.6. The first-order chi connectivity index (χ1) is 22.8. The summed E-state index contributed by atoms with van der Waals surface area (Å²) in [6.45, 7) is 0. The maximum atomic E-state index is 14.8. The molecule has 48 heavy (non-hydrogen) atoms. The average Bonchev–Trinajstić information content (AvgIpc) is 3.70. The number of nitrogens with one attached hydrogen (secondary N) is 2. The second kappa shape index (κ2) is 13.1. The van der Waals surface area contributed by atoms with Crippen LogP contribution in [0.3, 0.4) is 0 Å². The highest BCUT2D eigenvalue weighted by molar-refractivity contribution is 7.14. The average molecular weight is 704 g/mol. The van der Waals surface area contributed by atoms with Crippen LogP contribution < -0.4 is 10.6 Å². The van der Waals surface area contributed by atoms with Crippen LogP contribution in [0.25, 0.3) is 22.5 Å². The molecule has 0 fully saturated rings. The van der Waals surface area contributed by atoms with Gasteiger partial charge in [-0.15, -0.1) is 27.8 Å². The van der Waals surface area contributed by atoms with Crippen LogP contribution in [-0.2, 0) is 12.4 Å².